The Morgan fingerprint density at radius 1 is 1.17 bits per heavy atom. The average molecular weight is 343 g/mol. The molecular formula is C14H9F4N3O3. The molecule has 1 heterocycles. The molecule has 3 N–H and O–H groups in total. The minimum Gasteiger partial charge on any atom is -0.406 e. The van der Waals surface area contributed by atoms with E-state index >= 15 is 0 Å². The molecule has 24 heavy (non-hydrogen) atoms. The topological polar surface area (TPSA) is 94.3 Å². The number of amides is 2. The van der Waals surface area contributed by atoms with E-state index in [4.69, 9.17) is 5.73 Å². The Hall–Kier alpha value is -3.17. The maximum atomic E-state index is 13.8. The molecule has 2 aromatic rings. The highest BCUT2D eigenvalue weighted by molar-refractivity contribution is 6.05. The smallest absolute Gasteiger partial charge is 0.406 e. The largest absolute Gasteiger partial charge is 0.573 e. The molecule has 0 saturated heterocycles. The van der Waals surface area contributed by atoms with E-state index in [-0.39, 0.29) is 11.4 Å². The summed E-state index contributed by atoms with van der Waals surface area (Å²) in [6.45, 7) is 0. The summed E-state index contributed by atoms with van der Waals surface area (Å²) in [5.41, 5.74) is 4.51. The Morgan fingerprint density at radius 3 is 2.46 bits per heavy atom. The molecule has 0 bridgehead atoms. The van der Waals surface area contributed by atoms with Crippen LogP contribution in [0.25, 0.3) is 0 Å². The van der Waals surface area contributed by atoms with Crippen molar-refractivity contribution in [3.8, 4) is 5.75 Å². The number of nitrogens with two attached hydrogens (primary N) is 1. The zero-order chi connectivity index (χ0) is 17.9. The van der Waals surface area contributed by atoms with Crippen LogP contribution in [0.3, 0.4) is 0 Å². The molecule has 0 aliphatic carbocycles. The standard InChI is InChI=1S/C14H9F4N3O3/c15-10-6-8(24-14(16,17)18)1-2-9(10)13(23)21-7-3-4-20-11(5-7)12(19)22/h1-6H,(H2,19,22)(H,20,21,23). The van der Waals surface area contributed by atoms with Crippen molar-refractivity contribution in [1.29, 1.82) is 0 Å². The van der Waals surface area contributed by atoms with Gasteiger partial charge in [-0.15, -0.1) is 13.2 Å². The minimum atomic E-state index is -4.97. The van der Waals surface area contributed by atoms with Crippen LogP contribution in [0.4, 0.5) is 23.2 Å². The highest BCUT2D eigenvalue weighted by Crippen LogP contribution is 2.25. The zero-order valence-electron chi connectivity index (χ0n) is 11.7. The molecule has 1 aromatic carbocycles. The Labute approximate surface area is 132 Å². The molecule has 2 amide bonds. The van der Waals surface area contributed by atoms with Crippen LogP contribution in [0.5, 0.6) is 5.75 Å². The summed E-state index contributed by atoms with van der Waals surface area (Å²) in [5, 5.41) is 2.27. The van der Waals surface area contributed by atoms with Crippen molar-refractivity contribution in [3.05, 3.63) is 53.6 Å². The monoisotopic (exact) mass is 343 g/mol. The van der Waals surface area contributed by atoms with Crippen LogP contribution in [0.15, 0.2) is 36.5 Å². The van der Waals surface area contributed by atoms with Gasteiger partial charge in [-0.2, -0.15) is 0 Å². The van der Waals surface area contributed by atoms with Gasteiger partial charge >= 0.3 is 6.36 Å². The lowest BCUT2D eigenvalue weighted by Crippen LogP contribution is -2.18. The molecule has 0 radical (unpaired) electrons. The molecule has 1 aromatic heterocycles. The van der Waals surface area contributed by atoms with Crippen LogP contribution in [0, 0.1) is 5.82 Å². The number of nitrogens with zero attached hydrogens (tertiary/aromatic N) is 1. The molecule has 6 nitrogen and oxygen atoms in total. The summed E-state index contributed by atoms with van der Waals surface area (Å²) in [5.74, 6) is -3.77. The molecule has 0 aliphatic heterocycles. The lowest BCUT2D eigenvalue weighted by Gasteiger charge is -2.10. The number of aromatic nitrogens is 1. The molecule has 0 unspecified atom stereocenters. The molecule has 0 saturated carbocycles. The summed E-state index contributed by atoms with van der Waals surface area (Å²) in [7, 11) is 0. The highest BCUT2D eigenvalue weighted by Gasteiger charge is 2.31. The Bertz CT molecular complexity index is 793. The molecule has 126 valence electrons. The number of benzene rings is 1. The van der Waals surface area contributed by atoms with Gasteiger partial charge in [0.2, 0.25) is 0 Å². The first-order valence-electron chi connectivity index (χ1n) is 6.28. The summed E-state index contributed by atoms with van der Waals surface area (Å²) >= 11 is 0. The van der Waals surface area contributed by atoms with Crippen LogP contribution in [-0.2, 0) is 0 Å². The quantitative estimate of drug-likeness (QED) is 0.834. The van der Waals surface area contributed by atoms with E-state index in [1.54, 1.807) is 0 Å². The van der Waals surface area contributed by atoms with Crippen LogP contribution in [0.2, 0.25) is 0 Å². The van der Waals surface area contributed by atoms with Crippen LogP contribution < -0.4 is 15.8 Å². The summed E-state index contributed by atoms with van der Waals surface area (Å²) < 4.78 is 53.5. The number of anilines is 1. The van der Waals surface area contributed by atoms with Crippen molar-refractivity contribution in [2.45, 2.75) is 6.36 Å². The molecular weight excluding hydrogens is 334 g/mol. The van der Waals surface area contributed by atoms with Gasteiger partial charge in [-0.1, -0.05) is 0 Å². The molecule has 0 atom stereocenters. The van der Waals surface area contributed by atoms with Crippen LogP contribution in [-0.4, -0.2) is 23.2 Å². The number of pyridine rings is 1. The van der Waals surface area contributed by atoms with Gasteiger partial charge in [0.25, 0.3) is 11.8 Å². The Balaban J connectivity index is 2.18. The van der Waals surface area contributed by atoms with E-state index in [2.05, 4.69) is 15.0 Å². The van der Waals surface area contributed by atoms with Crippen molar-refractivity contribution < 1.29 is 31.9 Å². The van der Waals surface area contributed by atoms with E-state index in [1.807, 2.05) is 0 Å². The van der Waals surface area contributed by atoms with Gasteiger partial charge in [-0.25, -0.2) is 4.39 Å². The number of halogens is 4. The maximum Gasteiger partial charge on any atom is 0.573 e. The van der Waals surface area contributed by atoms with Crippen molar-refractivity contribution in [1.82, 2.24) is 4.98 Å². The fourth-order valence-electron chi connectivity index (χ4n) is 1.72. The normalized spacial score (nSPS) is 11.0. The first kappa shape index (κ1) is 17.2. The van der Waals surface area contributed by atoms with E-state index in [0.717, 1.165) is 12.1 Å². The maximum absolute atomic E-state index is 13.8. The van der Waals surface area contributed by atoms with Crippen LogP contribution >= 0.6 is 0 Å². The lowest BCUT2D eigenvalue weighted by molar-refractivity contribution is -0.274. The SMILES string of the molecule is NC(=O)c1cc(NC(=O)c2ccc(OC(F)(F)F)cc2F)ccn1. The second kappa shape index (κ2) is 6.52. The summed E-state index contributed by atoms with van der Waals surface area (Å²) in [4.78, 5) is 26.6. The molecule has 2 rings (SSSR count). The number of nitrogens with one attached hydrogen (secondary N) is 1. The number of carbonyl (C=O) groups excluding carboxylic acids is 2. The Kier molecular flexibility index (Phi) is 4.67. The highest BCUT2D eigenvalue weighted by atomic mass is 19.4. The van der Waals surface area contributed by atoms with Crippen LogP contribution in [0.1, 0.15) is 20.8 Å². The number of hydrogen-bond acceptors (Lipinski definition) is 4. The van der Waals surface area contributed by atoms with Gasteiger partial charge in [-0.05, 0) is 24.3 Å². The second-order valence-corrected chi connectivity index (χ2v) is 4.44. The van der Waals surface area contributed by atoms with E-state index in [1.165, 1.54) is 18.3 Å². The third-order valence-electron chi connectivity index (χ3n) is 2.69. The predicted octanol–water partition coefficient (Wildman–Crippen LogP) is 2.47. The van der Waals surface area contributed by atoms with Gasteiger partial charge in [0, 0.05) is 18.0 Å². The number of rotatable bonds is 4. The van der Waals surface area contributed by atoms with Gasteiger partial charge in [0.15, 0.2) is 0 Å². The Morgan fingerprint density at radius 2 is 1.88 bits per heavy atom. The molecule has 0 aliphatic rings. The first-order chi connectivity index (χ1) is 11.2. The van der Waals surface area contributed by atoms with Crippen molar-refractivity contribution >= 4 is 17.5 Å². The lowest BCUT2D eigenvalue weighted by atomic mass is 10.2. The summed E-state index contributed by atoms with van der Waals surface area (Å²) in [6, 6.07) is 4.56. The van der Waals surface area contributed by atoms with E-state index < -0.39 is 35.3 Å². The number of alkyl halides is 3. The predicted molar refractivity (Wildman–Crippen MR) is 73.8 cm³/mol. The molecule has 10 heteroatoms. The fraction of sp³-hybridized carbons (Fsp3) is 0.0714. The van der Waals surface area contributed by atoms with Crippen molar-refractivity contribution in [2.24, 2.45) is 5.73 Å². The number of carbonyl (C=O) groups is 2. The number of ether oxygens (including phenoxy) is 1. The minimum absolute atomic E-state index is 0.110. The number of primary amides is 1. The second-order valence-electron chi connectivity index (χ2n) is 4.44. The third kappa shape index (κ3) is 4.41. The fourth-order valence-corrected chi connectivity index (χ4v) is 1.72. The van der Waals surface area contributed by atoms with Crippen molar-refractivity contribution in [3.63, 3.8) is 0 Å². The average Bonchev–Trinajstić information content (AvgIpc) is 2.45. The number of hydrogen-bond donors (Lipinski definition) is 2. The van der Waals surface area contributed by atoms with Gasteiger partial charge in [0.1, 0.15) is 17.3 Å². The molecule has 0 spiro atoms. The third-order valence-corrected chi connectivity index (χ3v) is 2.69. The van der Waals surface area contributed by atoms with E-state index in [9.17, 15) is 27.2 Å². The summed E-state index contributed by atoms with van der Waals surface area (Å²) in [6.07, 6.45) is -3.77. The zero-order valence-corrected chi connectivity index (χ0v) is 11.7. The van der Waals surface area contributed by atoms with Gasteiger partial charge in [-0.3, -0.25) is 14.6 Å². The van der Waals surface area contributed by atoms with E-state index in [0.29, 0.717) is 6.07 Å². The van der Waals surface area contributed by atoms with Gasteiger partial charge in [0.05, 0.1) is 5.56 Å². The van der Waals surface area contributed by atoms with Gasteiger partial charge < -0.3 is 15.8 Å². The first-order valence-corrected chi connectivity index (χ1v) is 6.28. The van der Waals surface area contributed by atoms with Crippen molar-refractivity contribution in [2.75, 3.05) is 5.32 Å². The molecule has 0 fully saturated rings.